The number of benzene rings is 2. The Morgan fingerprint density at radius 1 is 1.13 bits per heavy atom. The molecule has 1 N–H and O–H groups in total. The summed E-state index contributed by atoms with van der Waals surface area (Å²) < 4.78 is 44.1. The number of ether oxygens (including phenoxy) is 1. The molecule has 1 amide bonds. The van der Waals surface area contributed by atoms with Crippen LogP contribution < -0.4 is 19.9 Å². The van der Waals surface area contributed by atoms with Gasteiger partial charge in [0.25, 0.3) is 5.91 Å². The van der Waals surface area contributed by atoms with E-state index in [-0.39, 0.29) is 25.4 Å². The maximum Gasteiger partial charge on any atom is 0.391 e. The maximum atomic E-state index is 12.9. The first-order chi connectivity index (χ1) is 14.2. The number of nitrogens with zero attached hydrogens (tertiary/aromatic N) is 2. The third-order valence-corrected chi connectivity index (χ3v) is 5.91. The second-order valence-electron chi connectivity index (χ2n) is 7.52. The van der Waals surface area contributed by atoms with Crippen LogP contribution in [0, 0.1) is 5.92 Å². The minimum absolute atomic E-state index is 0.00651. The van der Waals surface area contributed by atoms with E-state index in [4.69, 9.17) is 16.3 Å². The first kappa shape index (κ1) is 20.7. The summed E-state index contributed by atoms with van der Waals surface area (Å²) in [5.41, 5.74) is 2.92. The predicted molar refractivity (Wildman–Crippen MR) is 111 cm³/mol. The van der Waals surface area contributed by atoms with Gasteiger partial charge in [0, 0.05) is 37.6 Å². The summed E-state index contributed by atoms with van der Waals surface area (Å²) in [7, 11) is 1.70. The summed E-state index contributed by atoms with van der Waals surface area (Å²) in [5.74, 6) is -0.741. The van der Waals surface area contributed by atoms with E-state index in [1.807, 2.05) is 23.1 Å². The molecule has 1 fully saturated rings. The Labute approximate surface area is 177 Å². The number of rotatable bonds is 3. The number of likely N-dealkylation sites (N-methyl/N-ethyl adjacent to an activating group) is 1. The maximum absolute atomic E-state index is 12.9. The molecule has 2 aromatic rings. The second-order valence-corrected chi connectivity index (χ2v) is 7.92. The lowest BCUT2D eigenvalue weighted by Gasteiger charge is -2.34. The molecule has 5 nitrogen and oxygen atoms in total. The molecule has 0 saturated carbocycles. The fraction of sp³-hybridized carbons (Fsp3) is 0.381. The summed E-state index contributed by atoms with van der Waals surface area (Å²) in [6.07, 6.45) is -3.95. The molecule has 160 valence electrons. The molecule has 2 heterocycles. The highest BCUT2D eigenvalue weighted by Gasteiger charge is 2.41. The Hall–Kier alpha value is -2.61. The number of carbonyl (C=O) groups is 1. The number of hydrogen-bond acceptors (Lipinski definition) is 4. The number of alkyl halides is 3. The van der Waals surface area contributed by atoms with Gasteiger partial charge in [0.2, 0.25) is 0 Å². The molecule has 0 spiro atoms. The number of piperidine rings is 1. The van der Waals surface area contributed by atoms with E-state index in [1.165, 1.54) is 0 Å². The van der Waals surface area contributed by atoms with E-state index in [9.17, 15) is 18.0 Å². The van der Waals surface area contributed by atoms with Crippen LogP contribution >= 0.6 is 11.6 Å². The van der Waals surface area contributed by atoms with Crippen molar-refractivity contribution in [2.24, 2.45) is 5.92 Å². The fourth-order valence-corrected chi connectivity index (χ4v) is 4.00. The van der Waals surface area contributed by atoms with Crippen molar-refractivity contribution in [3.05, 3.63) is 41.4 Å². The van der Waals surface area contributed by atoms with Crippen LogP contribution in [0.1, 0.15) is 12.8 Å². The molecule has 0 atom stereocenters. The van der Waals surface area contributed by atoms with Crippen LogP contribution in [-0.2, 0) is 4.79 Å². The van der Waals surface area contributed by atoms with Gasteiger partial charge in [-0.3, -0.25) is 4.79 Å². The van der Waals surface area contributed by atoms with Gasteiger partial charge < -0.3 is 19.9 Å². The number of amides is 1. The number of nitrogens with one attached hydrogen (secondary N) is 1. The van der Waals surface area contributed by atoms with E-state index in [1.54, 1.807) is 30.1 Å². The molecule has 2 aromatic carbocycles. The van der Waals surface area contributed by atoms with Gasteiger partial charge in [-0.2, -0.15) is 13.2 Å². The Balaban J connectivity index is 1.45. The lowest BCUT2D eigenvalue weighted by molar-refractivity contribution is -0.179. The Morgan fingerprint density at radius 2 is 1.87 bits per heavy atom. The topological polar surface area (TPSA) is 44.8 Å². The quantitative estimate of drug-likeness (QED) is 0.712. The standard InChI is InChI=1S/C21H21ClF3N3O2/c1-27-18-5-2-14(10-19(18)30-12-20(27)29)26-17-4-3-15(11-16(17)22)28-8-6-13(7-9-28)21(23,24)25/h2-5,10-11,13,26H,6-9,12H2,1H3. The van der Waals surface area contributed by atoms with Gasteiger partial charge in [-0.25, -0.2) is 0 Å². The zero-order valence-electron chi connectivity index (χ0n) is 16.3. The highest BCUT2D eigenvalue weighted by molar-refractivity contribution is 6.33. The van der Waals surface area contributed by atoms with Crippen LogP contribution in [-0.4, -0.2) is 38.8 Å². The molecule has 2 aliphatic heterocycles. The Morgan fingerprint density at radius 3 is 2.53 bits per heavy atom. The van der Waals surface area contributed by atoms with E-state index in [0.717, 1.165) is 11.4 Å². The summed E-state index contributed by atoms with van der Waals surface area (Å²) in [5, 5.41) is 3.69. The summed E-state index contributed by atoms with van der Waals surface area (Å²) >= 11 is 6.43. The van der Waals surface area contributed by atoms with Crippen molar-refractivity contribution in [3.8, 4) is 5.75 Å². The summed E-state index contributed by atoms with van der Waals surface area (Å²) in [6, 6.07) is 10.8. The van der Waals surface area contributed by atoms with Gasteiger partial charge in [-0.1, -0.05) is 11.6 Å². The van der Waals surface area contributed by atoms with Crippen molar-refractivity contribution >= 4 is 40.3 Å². The first-order valence-corrected chi connectivity index (χ1v) is 10.0. The lowest BCUT2D eigenvalue weighted by Crippen LogP contribution is -2.39. The fourth-order valence-electron chi connectivity index (χ4n) is 3.78. The third-order valence-electron chi connectivity index (χ3n) is 5.60. The van der Waals surface area contributed by atoms with Crippen LogP contribution in [0.4, 0.5) is 35.9 Å². The summed E-state index contributed by atoms with van der Waals surface area (Å²) in [6.45, 7) is 0.691. The molecule has 4 rings (SSSR count). The van der Waals surface area contributed by atoms with Crippen LogP contribution in [0.2, 0.25) is 5.02 Å². The molecule has 30 heavy (non-hydrogen) atoms. The van der Waals surface area contributed by atoms with Gasteiger partial charge in [0.05, 0.1) is 22.3 Å². The molecule has 0 radical (unpaired) electrons. The lowest BCUT2D eigenvalue weighted by atomic mass is 9.96. The van der Waals surface area contributed by atoms with Crippen molar-refractivity contribution in [1.29, 1.82) is 0 Å². The van der Waals surface area contributed by atoms with Crippen LogP contribution in [0.3, 0.4) is 0 Å². The zero-order chi connectivity index (χ0) is 21.5. The van der Waals surface area contributed by atoms with Gasteiger partial charge >= 0.3 is 6.18 Å². The van der Waals surface area contributed by atoms with E-state index < -0.39 is 12.1 Å². The molecule has 0 bridgehead atoms. The van der Waals surface area contributed by atoms with E-state index in [0.29, 0.717) is 35.2 Å². The summed E-state index contributed by atoms with van der Waals surface area (Å²) in [4.78, 5) is 15.2. The highest BCUT2D eigenvalue weighted by Crippen LogP contribution is 2.38. The van der Waals surface area contributed by atoms with Crippen molar-refractivity contribution < 1.29 is 22.7 Å². The van der Waals surface area contributed by atoms with Gasteiger partial charge in [-0.15, -0.1) is 0 Å². The van der Waals surface area contributed by atoms with Crippen molar-refractivity contribution in [1.82, 2.24) is 0 Å². The number of carbonyl (C=O) groups excluding carboxylic acids is 1. The van der Waals surface area contributed by atoms with E-state index >= 15 is 0 Å². The van der Waals surface area contributed by atoms with Gasteiger partial charge in [0.1, 0.15) is 5.75 Å². The number of anilines is 4. The van der Waals surface area contributed by atoms with Crippen molar-refractivity contribution in [2.45, 2.75) is 19.0 Å². The largest absolute Gasteiger partial charge is 0.481 e. The highest BCUT2D eigenvalue weighted by atomic mass is 35.5. The molecular weight excluding hydrogens is 419 g/mol. The minimum atomic E-state index is -4.13. The van der Waals surface area contributed by atoms with Crippen LogP contribution in [0.5, 0.6) is 5.75 Å². The van der Waals surface area contributed by atoms with Gasteiger partial charge in [-0.05, 0) is 43.2 Å². The molecule has 9 heteroatoms. The first-order valence-electron chi connectivity index (χ1n) is 9.64. The Kier molecular flexibility index (Phi) is 5.44. The monoisotopic (exact) mass is 439 g/mol. The number of halogens is 4. The SMILES string of the molecule is CN1C(=O)COc2cc(Nc3ccc(N4CCC(C(F)(F)F)CC4)cc3Cl)ccc21. The average molecular weight is 440 g/mol. The Bertz CT molecular complexity index is 959. The molecule has 1 saturated heterocycles. The third kappa shape index (κ3) is 4.14. The van der Waals surface area contributed by atoms with Crippen molar-refractivity contribution in [2.75, 3.05) is 41.9 Å². The van der Waals surface area contributed by atoms with E-state index in [2.05, 4.69) is 5.32 Å². The number of fused-ring (bicyclic) bond motifs is 1. The van der Waals surface area contributed by atoms with Gasteiger partial charge in [0.15, 0.2) is 6.61 Å². The normalized spacial score (nSPS) is 17.6. The van der Waals surface area contributed by atoms with Crippen LogP contribution in [0.25, 0.3) is 0 Å². The molecule has 0 aromatic heterocycles. The molecular formula is C21H21ClF3N3O2. The molecule has 0 unspecified atom stereocenters. The predicted octanol–water partition coefficient (Wildman–Crippen LogP) is 5.22. The minimum Gasteiger partial charge on any atom is -0.481 e. The second kappa shape index (κ2) is 7.91. The zero-order valence-corrected chi connectivity index (χ0v) is 17.1. The smallest absolute Gasteiger partial charge is 0.391 e. The van der Waals surface area contributed by atoms with Crippen LogP contribution in [0.15, 0.2) is 36.4 Å². The van der Waals surface area contributed by atoms with Crippen molar-refractivity contribution in [3.63, 3.8) is 0 Å². The molecule has 2 aliphatic rings. The number of hydrogen-bond donors (Lipinski definition) is 1. The molecule has 0 aliphatic carbocycles. The average Bonchev–Trinajstić information content (AvgIpc) is 2.72.